The lowest BCUT2D eigenvalue weighted by Crippen LogP contribution is -2.38. The number of rotatable bonds is 4. The first-order valence-electron chi connectivity index (χ1n) is 5.60. The summed E-state index contributed by atoms with van der Waals surface area (Å²) in [6.45, 7) is 6.41. The summed E-state index contributed by atoms with van der Waals surface area (Å²) >= 11 is 0. The van der Waals surface area contributed by atoms with E-state index in [2.05, 4.69) is 5.32 Å². The summed E-state index contributed by atoms with van der Waals surface area (Å²) < 4.78 is 18.3. The minimum Gasteiger partial charge on any atom is -0.494 e. The van der Waals surface area contributed by atoms with E-state index in [-0.39, 0.29) is 11.3 Å². The molecule has 0 aliphatic heterocycles. The van der Waals surface area contributed by atoms with Gasteiger partial charge >= 0.3 is 0 Å². The molecule has 96 valence electrons. The molecule has 0 bridgehead atoms. The number of ether oxygens (including phenoxy) is 1. The molecule has 2 N–H and O–H groups in total. The van der Waals surface area contributed by atoms with E-state index in [1.54, 1.807) is 6.07 Å². The Kier molecular flexibility index (Phi) is 4.48. The second-order valence-corrected chi connectivity index (χ2v) is 5.04. The number of benzene rings is 1. The van der Waals surface area contributed by atoms with Gasteiger partial charge in [0.15, 0.2) is 11.6 Å². The summed E-state index contributed by atoms with van der Waals surface area (Å²) in [6.07, 6.45) is -0.727. The molecule has 0 radical (unpaired) electrons. The van der Waals surface area contributed by atoms with Crippen molar-refractivity contribution in [3.63, 3.8) is 0 Å². The highest BCUT2D eigenvalue weighted by molar-refractivity contribution is 5.30. The Morgan fingerprint density at radius 1 is 1.41 bits per heavy atom. The van der Waals surface area contributed by atoms with Crippen LogP contribution >= 0.6 is 0 Å². The van der Waals surface area contributed by atoms with Crippen LogP contribution in [0.5, 0.6) is 5.75 Å². The Morgan fingerprint density at radius 2 is 2.06 bits per heavy atom. The largest absolute Gasteiger partial charge is 0.494 e. The summed E-state index contributed by atoms with van der Waals surface area (Å²) in [7, 11) is 1.41. The van der Waals surface area contributed by atoms with Gasteiger partial charge in [-0.3, -0.25) is 0 Å². The van der Waals surface area contributed by atoms with Gasteiger partial charge in [0, 0.05) is 12.1 Å². The summed E-state index contributed by atoms with van der Waals surface area (Å²) in [5, 5.41) is 13.1. The summed E-state index contributed by atoms with van der Waals surface area (Å²) in [6, 6.07) is 4.48. The normalized spacial score (nSPS) is 13.5. The van der Waals surface area contributed by atoms with Crippen molar-refractivity contribution in [2.45, 2.75) is 32.4 Å². The third-order valence-corrected chi connectivity index (χ3v) is 2.39. The van der Waals surface area contributed by atoms with Crippen molar-refractivity contribution in [2.24, 2.45) is 0 Å². The molecule has 1 aromatic carbocycles. The lowest BCUT2D eigenvalue weighted by atomic mass is 10.1. The lowest BCUT2D eigenvalue weighted by molar-refractivity contribution is 0.163. The van der Waals surface area contributed by atoms with Gasteiger partial charge in [0.05, 0.1) is 13.2 Å². The molecule has 0 saturated heterocycles. The fourth-order valence-electron chi connectivity index (χ4n) is 1.41. The fourth-order valence-corrected chi connectivity index (χ4v) is 1.41. The number of aliphatic hydroxyl groups excluding tert-OH is 1. The monoisotopic (exact) mass is 241 g/mol. The van der Waals surface area contributed by atoms with Crippen LogP contribution in [0, 0.1) is 5.82 Å². The Morgan fingerprint density at radius 3 is 2.53 bits per heavy atom. The highest BCUT2D eigenvalue weighted by atomic mass is 19.1. The first-order chi connectivity index (χ1) is 7.83. The van der Waals surface area contributed by atoms with Crippen LogP contribution in [0.15, 0.2) is 18.2 Å². The average molecular weight is 241 g/mol. The quantitative estimate of drug-likeness (QED) is 0.849. The van der Waals surface area contributed by atoms with Crippen LogP contribution in [0.4, 0.5) is 4.39 Å². The molecule has 1 rings (SSSR count). The minimum atomic E-state index is -0.727. The smallest absolute Gasteiger partial charge is 0.165 e. The van der Waals surface area contributed by atoms with Crippen molar-refractivity contribution in [3.05, 3.63) is 29.6 Å². The van der Waals surface area contributed by atoms with Gasteiger partial charge in [0.25, 0.3) is 0 Å². The van der Waals surface area contributed by atoms with Gasteiger partial charge in [0.2, 0.25) is 0 Å². The standard InChI is InChI=1S/C13H20FNO2/c1-13(2,3)15-8-11(16)9-5-6-12(17-4)10(14)7-9/h5-7,11,15-16H,8H2,1-4H3. The maximum absolute atomic E-state index is 13.4. The highest BCUT2D eigenvalue weighted by Gasteiger charge is 2.15. The summed E-state index contributed by atoms with van der Waals surface area (Å²) in [5.41, 5.74) is 0.464. The lowest BCUT2D eigenvalue weighted by Gasteiger charge is -2.23. The van der Waals surface area contributed by atoms with Crippen LogP contribution in [-0.4, -0.2) is 24.3 Å². The fraction of sp³-hybridized carbons (Fsp3) is 0.538. The van der Waals surface area contributed by atoms with Crippen molar-refractivity contribution in [2.75, 3.05) is 13.7 Å². The zero-order valence-electron chi connectivity index (χ0n) is 10.7. The van der Waals surface area contributed by atoms with Crippen molar-refractivity contribution < 1.29 is 14.2 Å². The average Bonchev–Trinajstić information content (AvgIpc) is 2.24. The first-order valence-corrected chi connectivity index (χ1v) is 5.60. The zero-order valence-corrected chi connectivity index (χ0v) is 10.7. The SMILES string of the molecule is COc1ccc(C(O)CNC(C)(C)C)cc1F. The number of methoxy groups -OCH3 is 1. The maximum Gasteiger partial charge on any atom is 0.165 e. The van der Waals surface area contributed by atoms with Crippen LogP contribution in [0.3, 0.4) is 0 Å². The Balaban J connectivity index is 2.69. The van der Waals surface area contributed by atoms with Crippen LogP contribution < -0.4 is 10.1 Å². The molecule has 0 aromatic heterocycles. The molecule has 0 fully saturated rings. The number of halogens is 1. The number of nitrogens with one attached hydrogen (secondary N) is 1. The van der Waals surface area contributed by atoms with Crippen LogP contribution in [0.1, 0.15) is 32.4 Å². The number of aliphatic hydroxyl groups is 1. The Hall–Kier alpha value is -1.13. The molecule has 0 spiro atoms. The second kappa shape index (κ2) is 5.47. The number of hydrogen-bond donors (Lipinski definition) is 2. The van der Waals surface area contributed by atoms with E-state index in [1.807, 2.05) is 20.8 Å². The molecule has 1 aromatic rings. The molecule has 1 atom stereocenters. The molecule has 4 heteroatoms. The zero-order chi connectivity index (χ0) is 13.1. The molecule has 0 aliphatic carbocycles. The second-order valence-electron chi connectivity index (χ2n) is 5.04. The molecule has 1 unspecified atom stereocenters. The van der Waals surface area contributed by atoms with E-state index in [4.69, 9.17) is 4.74 Å². The van der Waals surface area contributed by atoms with Crippen molar-refractivity contribution in [3.8, 4) is 5.75 Å². The van der Waals surface area contributed by atoms with Crippen molar-refractivity contribution in [1.82, 2.24) is 5.32 Å². The predicted molar refractivity (Wildman–Crippen MR) is 65.7 cm³/mol. The van der Waals surface area contributed by atoms with Gasteiger partial charge in [-0.05, 0) is 38.5 Å². The van der Waals surface area contributed by atoms with Gasteiger partial charge < -0.3 is 15.2 Å². The highest BCUT2D eigenvalue weighted by Crippen LogP contribution is 2.21. The van der Waals surface area contributed by atoms with Gasteiger partial charge in [-0.1, -0.05) is 6.07 Å². The Labute approximate surface area is 102 Å². The summed E-state index contributed by atoms with van der Waals surface area (Å²) in [5.74, 6) is -0.274. The predicted octanol–water partition coefficient (Wildman–Crippen LogP) is 2.26. The molecule has 0 saturated carbocycles. The van der Waals surface area contributed by atoms with E-state index < -0.39 is 11.9 Å². The molecule has 0 aliphatic rings. The van der Waals surface area contributed by atoms with Gasteiger partial charge in [-0.25, -0.2) is 4.39 Å². The molecule has 0 heterocycles. The maximum atomic E-state index is 13.4. The number of β-amino-alcohol motifs (C(OH)–C–C–N with tert-alkyl or cyclic N) is 1. The third kappa shape index (κ3) is 4.32. The third-order valence-electron chi connectivity index (χ3n) is 2.39. The van der Waals surface area contributed by atoms with E-state index in [0.717, 1.165) is 0 Å². The Bertz CT molecular complexity index is 374. The minimum absolute atomic E-state index is 0.0774. The molecular formula is C13H20FNO2. The molecular weight excluding hydrogens is 221 g/mol. The van der Waals surface area contributed by atoms with Gasteiger partial charge in [0.1, 0.15) is 0 Å². The molecule has 0 amide bonds. The van der Waals surface area contributed by atoms with Gasteiger partial charge in [-0.2, -0.15) is 0 Å². The number of hydrogen-bond acceptors (Lipinski definition) is 3. The molecule has 17 heavy (non-hydrogen) atoms. The topological polar surface area (TPSA) is 41.5 Å². The van der Waals surface area contributed by atoms with Crippen molar-refractivity contribution >= 4 is 0 Å². The van der Waals surface area contributed by atoms with Crippen molar-refractivity contribution in [1.29, 1.82) is 0 Å². The van der Waals surface area contributed by atoms with Crippen LogP contribution in [-0.2, 0) is 0 Å². The van der Waals surface area contributed by atoms with E-state index in [1.165, 1.54) is 19.2 Å². The molecule has 3 nitrogen and oxygen atoms in total. The summed E-state index contributed by atoms with van der Waals surface area (Å²) in [4.78, 5) is 0. The van der Waals surface area contributed by atoms with E-state index in [0.29, 0.717) is 12.1 Å². The van der Waals surface area contributed by atoms with E-state index >= 15 is 0 Å². The van der Waals surface area contributed by atoms with Crippen LogP contribution in [0.2, 0.25) is 0 Å². The first kappa shape index (κ1) is 13.9. The van der Waals surface area contributed by atoms with Crippen LogP contribution in [0.25, 0.3) is 0 Å². The van der Waals surface area contributed by atoms with E-state index in [9.17, 15) is 9.50 Å². The van der Waals surface area contributed by atoms with Gasteiger partial charge in [-0.15, -0.1) is 0 Å².